The van der Waals surface area contributed by atoms with E-state index in [-0.39, 0.29) is 0 Å². The number of hydrogen-bond donors (Lipinski definition) is 0. The number of rotatable bonds is 6. The quantitative estimate of drug-likeness (QED) is 0.300. The highest BCUT2D eigenvalue weighted by molar-refractivity contribution is 7.98. The lowest BCUT2D eigenvalue weighted by Crippen LogP contribution is -2.15. The molecule has 0 saturated heterocycles. The fourth-order valence-electron chi connectivity index (χ4n) is 4.23. The minimum atomic E-state index is 0.881. The lowest BCUT2D eigenvalue weighted by molar-refractivity contribution is 0.415. The molecule has 5 aromatic rings. The SMILES string of the molecule is CCn1c2ccccc2c2cc(N=c3sc4cc(OC)ccc4n3CCSC)ccc21. The predicted molar refractivity (Wildman–Crippen MR) is 135 cm³/mol. The van der Waals surface area contributed by atoms with Crippen LogP contribution >= 0.6 is 23.1 Å². The van der Waals surface area contributed by atoms with Crippen LogP contribution in [0.5, 0.6) is 5.75 Å². The fourth-order valence-corrected chi connectivity index (χ4v) is 5.70. The van der Waals surface area contributed by atoms with Gasteiger partial charge in [-0.25, -0.2) is 4.99 Å². The number of ether oxygens (including phenoxy) is 1. The van der Waals surface area contributed by atoms with Crippen molar-refractivity contribution < 1.29 is 4.74 Å². The number of aryl methyl sites for hydroxylation is 2. The van der Waals surface area contributed by atoms with Crippen molar-refractivity contribution >= 4 is 60.8 Å². The van der Waals surface area contributed by atoms with Crippen molar-refractivity contribution in [3.05, 3.63) is 65.5 Å². The summed E-state index contributed by atoms with van der Waals surface area (Å²) in [5.41, 5.74) is 4.74. The summed E-state index contributed by atoms with van der Waals surface area (Å²) >= 11 is 3.57. The second-order valence-corrected chi connectivity index (χ2v) is 9.43. The first-order valence-corrected chi connectivity index (χ1v) is 12.7. The molecule has 2 heterocycles. The molecule has 5 rings (SSSR count). The van der Waals surface area contributed by atoms with Gasteiger partial charge < -0.3 is 13.9 Å². The van der Waals surface area contributed by atoms with Gasteiger partial charge in [-0.15, -0.1) is 0 Å². The maximum absolute atomic E-state index is 5.43. The van der Waals surface area contributed by atoms with Crippen LogP contribution in [-0.4, -0.2) is 28.3 Å². The van der Waals surface area contributed by atoms with Gasteiger partial charge in [-0.3, -0.25) is 0 Å². The lowest BCUT2D eigenvalue weighted by Gasteiger charge is -2.05. The van der Waals surface area contributed by atoms with E-state index in [0.717, 1.165) is 35.1 Å². The summed E-state index contributed by atoms with van der Waals surface area (Å²) in [6, 6.07) is 21.5. The molecule has 0 atom stereocenters. The van der Waals surface area contributed by atoms with Gasteiger partial charge in [-0.05, 0) is 55.6 Å². The summed E-state index contributed by atoms with van der Waals surface area (Å²) in [4.78, 5) is 6.12. The second-order valence-electron chi connectivity index (χ2n) is 7.44. The molecule has 0 radical (unpaired) electrons. The molecule has 3 aromatic carbocycles. The van der Waals surface area contributed by atoms with E-state index in [1.165, 1.54) is 32.0 Å². The number of nitrogens with zero attached hydrogens (tertiary/aromatic N) is 3. The molecule has 2 aromatic heterocycles. The Morgan fingerprint density at radius 1 is 0.935 bits per heavy atom. The summed E-state index contributed by atoms with van der Waals surface area (Å²) < 4.78 is 11.3. The Labute approximate surface area is 189 Å². The highest BCUT2D eigenvalue weighted by Crippen LogP contribution is 2.32. The molecule has 0 spiro atoms. The van der Waals surface area contributed by atoms with Crippen molar-refractivity contribution in [2.75, 3.05) is 19.1 Å². The van der Waals surface area contributed by atoms with E-state index >= 15 is 0 Å². The number of methoxy groups -OCH3 is 1. The number of para-hydroxylation sites is 1. The minimum absolute atomic E-state index is 0.881. The van der Waals surface area contributed by atoms with Gasteiger partial charge in [-0.1, -0.05) is 29.5 Å². The molecule has 0 amide bonds. The molecule has 6 heteroatoms. The third-order valence-corrected chi connectivity index (χ3v) is 7.34. The van der Waals surface area contributed by atoms with E-state index in [1.54, 1.807) is 18.4 Å². The Morgan fingerprint density at radius 3 is 2.55 bits per heavy atom. The Balaban J connectivity index is 1.71. The molecule has 0 unspecified atom stereocenters. The number of thiazole rings is 1. The monoisotopic (exact) mass is 447 g/mol. The van der Waals surface area contributed by atoms with Crippen molar-refractivity contribution in [2.24, 2.45) is 4.99 Å². The largest absolute Gasteiger partial charge is 0.497 e. The fraction of sp³-hybridized carbons (Fsp3) is 0.240. The van der Waals surface area contributed by atoms with Crippen molar-refractivity contribution in [3.63, 3.8) is 0 Å². The van der Waals surface area contributed by atoms with Gasteiger partial charge in [-0.2, -0.15) is 11.8 Å². The smallest absolute Gasteiger partial charge is 0.190 e. The standard InChI is InChI=1S/C25H25N3OS2/c1-4-27-21-8-6-5-7-19(21)20-15-17(9-11-22(20)27)26-25-28(13-14-30-3)23-12-10-18(29-2)16-24(23)31-25/h5-12,15-16H,4,13-14H2,1-3H3. The maximum Gasteiger partial charge on any atom is 0.190 e. The van der Waals surface area contributed by atoms with Gasteiger partial charge >= 0.3 is 0 Å². The summed E-state index contributed by atoms with van der Waals surface area (Å²) in [6.45, 7) is 4.08. The van der Waals surface area contributed by atoms with Gasteiger partial charge in [0.05, 0.1) is 23.0 Å². The van der Waals surface area contributed by atoms with E-state index in [0.29, 0.717) is 0 Å². The first-order chi connectivity index (χ1) is 15.2. The van der Waals surface area contributed by atoms with Gasteiger partial charge in [0.25, 0.3) is 0 Å². The first kappa shape index (κ1) is 20.2. The van der Waals surface area contributed by atoms with Crippen LogP contribution in [0.4, 0.5) is 5.69 Å². The van der Waals surface area contributed by atoms with Crippen molar-refractivity contribution in [2.45, 2.75) is 20.0 Å². The van der Waals surface area contributed by atoms with E-state index in [4.69, 9.17) is 9.73 Å². The van der Waals surface area contributed by atoms with Gasteiger partial charge in [0.1, 0.15) is 5.75 Å². The third kappa shape index (κ3) is 3.54. The molecule has 0 saturated carbocycles. The molecular formula is C25H25N3OS2. The Bertz CT molecular complexity index is 1460. The number of hydrogen-bond acceptors (Lipinski definition) is 4. The van der Waals surface area contributed by atoms with Crippen LogP contribution in [-0.2, 0) is 13.1 Å². The van der Waals surface area contributed by atoms with Crippen LogP contribution in [0.15, 0.2) is 65.7 Å². The molecule has 0 aliphatic heterocycles. The average molecular weight is 448 g/mol. The Kier molecular flexibility index (Phi) is 5.50. The molecule has 31 heavy (non-hydrogen) atoms. The average Bonchev–Trinajstić information content (AvgIpc) is 3.31. The Morgan fingerprint density at radius 2 is 1.74 bits per heavy atom. The zero-order valence-electron chi connectivity index (χ0n) is 18.0. The van der Waals surface area contributed by atoms with Crippen molar-refractivity contribution in [1.29, 1.82) is 0 Å². The van der Waals surface area contributed by atoms with Crippen LogP contribution in [0.25, 0.3) is 32.0 Å². The van der Waals surface area contributed by atoms with Gasteiger partial charge in [0.2, 0.25) is 0 Å². The highest BCUT2D eigenvalue weighted by atomic mass is 32.2. The molecular weight excluding hydrogens is 422 g/mol. The van der Waals surface area contributed by atoms with E-state index < -0.39 is 0 Å². The maximum atomic E-state index is 5.43. The van der Waals surface area contributed by atoms with E-state index in [2.05, 4.69) is 76.9 Å². The molecule has 158 valence electrons. The van der Waals surface area contributed by atoms with Crippen LogP contribution in [0.1, 0.15) is 6.92 Å². The van der Waals surface area contributed by atoms with Crippen LogP contribution < -0.4 is 9.54 Å². The highest BCUT2D eigenvalue weighted by Gasteiger charge is 2.11. The Hall–Kier alpha value is -2.70. The molecule has 4 nitrogen and oxygen atoms in total. The predicted octanol–water partition coefficient (Wildman–Crippen LogP) is 6.43. The molecule has 0 aliphatic carbocycles. The van der Waals surface area contributed by atoms with Gasteiger partial charge in [0, 0.05) is 40.6 Å². The van der Waals surface area contributed by atoms with Crippen molar-refractivity contribution in [3.8, 4) is 5.75 Å². The first-order valence-electron chi connectivity index (χ1n) is 10.5. The van der Waals surface area contributed by atoms with E-state index in [1.807, 2.05) is 17.8 Å². The zero-order chi connectivity index (χ0) is 21.4. The number of aromatic nitrogens is 2. The number of fused-ring (bicyclic) bond motifs is 4. The molecule has 0 bridgehead atoms. The van der Waals surface area contributed by atoms with E-state index in [9.17, 15) is 0 Å². The second kappa shape index (κ2) is 8.44. The molecule has 0 N–H and O–H groups in total. The topological polar surface area (TPSA) is 31.4 Å². The summed E-state index contributed by atoms with van der Waals surface area (Å²) in [5.74, 6) is 1.93. The number of benzene rings is 3. The normalized spacial score (nSPS) is 12.4. The minimum Gasteiger partial charge on any atom is -0.497 e. The summed E-state index contributed by atoms with van der Waals surface area (Å²) in [5, 5.41) is 2.55. The van der Waals surface area contributed by atoms with Crippen molar-refractivity contribution in [1.82, 2.24) is 9.13 Å². The van der Waals surface area contributed by atoms with Crippen LogP contribution in [0.2, 0.25) is 0 Å². The summed E-state index contributed by atoms with van der Waals surface area (Å²) in [7, 11) is 1.71. The number of thioether (sulfide) groups is 1. The molecule has 0 fully saturated rings. The van der Waals surface area contributed by atoms with Gasteiger partial charge in [0.15, 0.2) is 4.80 Å². The molecule has 0 aliphatic rings. The summed E-state index contributed by atoms with van der Waals surface area (Å²) in [6.07, 6.45) is 2.15. The zero-order valence-corrected chi connectivity index (χ0v) is 19.6. The van der Waals surface area contributed by atoms with Crippen LogP contribution in [0, 0.1) is 0 Å². The third-order valence-electron chi connectivity index (χ3n) is 5.71. The van der Waals surface area contributed by atoms with Crippen LogP contribution in [0.3, 0.4) is 0 Å². The lowest BCUT2D eigenvalue weighted by atomic mass is 10.1.